The molecule has 0 unspecified atom stereocenters. The van der Waals surface area contributed by atoms with Crippen molar-refractivity contribution in [2.24, 2.45) is 0 Å². The highest BCUT2D eigenvalue weighted by Crippen LogP contribution is 2.33. The standard InChI is InChI=1S/C16H18FN3O2/c1-16(2,3)10-7-12-9(6-11(10)17)14(20-19-12)8-4-5-13(21)18-15(8)22/h6-8H,4-5H2,1-3H3,(H,19,20)(H,18,21,22)/t8-/m0/s1. The summed E-state index contributed by atoms with van der Waals surface area (Å²) < 4.78 is 14.4. The number of carbonyl (C=O) groups excluding carboxylic acids is 2. The van der Waals surface area contributed by atoms with Gasteiger partial charge in [0.05, 0.1) is 17.1 Å². The van der Waals surface area contributed by atoms with E-state index < -0.39 is 5.92 Å². The van der Waals surface area contributed by atoms with E-state index in [4.69, 9.17) is 0 Å². The summed E-state index contributed by atoms with van der Waals surface area (Å²) in [5.74, 6) is -1.44. The Morgan fingerprint density at radius 1 is 1.27 bits per heavy atom. The molecule has 2 aromatic rings. The van der Waals surface area contributed by atoms with Crippen LogP contribution >= 0.6 is 0 Å². The van der Waals surface area contributed by atoms with Crippen molar-refractivity contribution in [3.05, 3.63) is 29.2 Å². The molecule has 22 heavy (non-hydrogen) atoms. The van der Waals surface area contributed by atoms with E-state index >= 15 is 0 Å². The Morgan fingerprint density at radius 2 is 2.00 bits per heavy atom. The lowest BCUT2D eigenvalue weighted by Crippen LogP contribution is -2.39. The van der Waals surface area contributed by atoms with Crippen LogP contribution in [0.4, 0.5) is 4.39 Å². The van der Waals surface area contributed by atoms with E-state index in [0.29, 0.717) is 28.6 Å². The average Bonchev–Trinajstić information content (AvgIpc) is 2.79. The number of nitrogens with zero attached hydrogens (tertiary/aromatic N) is 1. The molecule has 1 atom stereocenters. The monoisotopic (exact) mass is 303 g/mol. The summed E-state index contributed by atoms with van der Waals surface area (Å²) in [6, 6.07) is 3.15. The van der Waals surface area contributed by atoms with Crippen molar-refractivity contribution in [2.45, 2.75) is 44.9 Å². The maximum absolute atomic E-state index is 14.4. The molecule has 0 saturated carbocycles. The number of nitrogens with one attached hydrogen (secondary N) is 2. The Balaban J connectivity index is 2.08. The number of rotatable bonds is 1. The quantitative estimate of drug-likeness (QED) is 0.795. The van der Waals surface area contributed by atoms with Crippen LogP contribution in [0.25, 0.3) is 10.9 Å². The molecule has 3 rings (SSSR count). The van der Waals surface area contributed by atoms with Crippen molar-refractivity contribution in [3.63, 3.8) is 0 Å². The van der Waals surface area contributed by atoms with E-state index in [1.165, 1.54) is 6.07 Å². The molecule has 2 amide bonds. The number of aromatic amines is 1. The molecule has 1 saturated heterocycles. The number of imide groups is 1. The lowest BCUT2D eigenvalue weighted by atomic mass is 9.85. The maximum atomic E-state index is 14.4. The highest BCUT2D eigenvalue weighted by Gasteiger charge is 2.31. The SMILES string of the molecule is CC(C)(C)c1cc2n[nH]c([C@@H]3CCC(=O)NC3=O)c2cc1F. The van der Waals surface area contributed by atoms with Crippen LogP contribution in [0, 0.1) is 5.82 Å². The van der Waals surface area contributed by atoms with Gasteiger partial charge in [0.2, 0.25) is 11.8 Å². The van der Waals surface area contributed by atoms with Gasteiger partial charge < -0.3 is 0 Å². The highest BCUT2D eigenvalue weighted by molar-refractivity contribution is 6.02. The van der Waals surface area contributed by atoms with Crippen molar-refractivity contribution in [3.8, 4) is 0 Å². The Hall–Kier alpha value is -2.24. The number of H-pyrrole nitrogens is 1. The van der Waals surface area contributed by atoms with Gasteiger partial charge >= 0.3 is 0 Å². The number of amides is 2. The summed E-state index contributed by atoms with van der Waals surface area (Å²) >= 11 is 0. The number of fused-ring (bicyclic) bond motifs is 1. The Morgan fingerprint density at radius 3 is 2.64 bits per heavy atom. The van der Waals surface area contributed by atoms with Crippen LogP contribution in [-0.4, -0.2) is 22.0 Å². The molecule has 1 fully saturated rings. The number of hydrogen-bond acceptors (Lipinski definition) is 3. The van der Waals surface area contributed by atoms with E-state index in [1.807, 2.05) is 20.8 Å². The summed E-state index contributed by atoms with van der Waals surface area (Å²) in [4.78, 5) is 23.2. The van der Waals surface area contributed by atoms with Crippen molar-refractivity contribution in [1.29, 1.82) is 0 Å². The smallest absolute Gasteiger partial charge is 0.235 e. The molecule has 1 aliphatic rings. The number of aromatic nitrogens is 2. The van der Waals surface area contributed by atoms with Crippen LogP contribution < -0.4 is 5.32 Å². The topological polar surface area (TPSA) is 74.8 Å². The zero-order chi connectivity index (χ0) is 16.1. The summed E-state index contributed by atoms with van der Waals surface area (Å²) in [7, 11) is 0. The van der Waals surface area contributed by atoms with Gasteiger partial charge in [-0.05, 0) is 29.5 Å². The third kappa shape index (κ3) is 2.38. The third-order valence-corrected chi connectivity index (χ3v) is 4.07. The lowest BCUT2D eigenvalue weighted by molar-refractivity contribution is -0.134. The molecule has 1 aromatic heterocycles. The lowest BCUT2D eigenvalue weighted by Gasteiger charge is -2.21. The van der Waals surface area contributed by atoms with Gasteiger partial charge in [-0.15, -0.1) is 0 Å². The molecule has 2 heterocycles. The van der Waals surface area contributed by atoms with E-state index in [1.54, 1.807) is 6.07 Å². The minimum Gasteiger partial charge on any atom is -0.296 e. The van der Waals surface area contributed by atoms with Crippen LogP contribution in [0.1, 0.15) is 50.8 Å². The zero-order valence-electron chi connectivity index (χ0n) is 12.8. The fourth-order valence-corrected chi connectivity index (χ4v) is 2.86. The molecular weight excluding hydrogens is 285 g/mol. The Kier molecular flexibility index (Phi) is 3.27. The van der Waals surface area contributed by atoms with Crippen LogP contribution in [0.5, 0.6) is 0 Å². The van der Waals surface area contributed by atoms with Crippen LogP contribution in [-0.2, 0) is 15.0 Å². The first-order valence-corrected chi connectivity index (χ1v) is 7.29. The van der Waals surface area contributed by atoms with E-state index in [9.17, 15) is 14.0 Å². The van der Waals surface area contributed by atoms with Gasteiger partial charge in [-0.1, -0.05) is 20.8 Å². The first kappa shape index (κ1) is 14.7. The fraction of sp³-hybridized carbons (Fsp3) is 0.438. The van der Waals surface area contributed by atoms with E-state index in [0.717, 1.165) is 0 Å². The summed E-state index contributed by atoms with van der Waals surface area (Å²) in [6.45, 7) is 5.81. The second-order valence-electron chi connectivity index (χ2n) is 6.74. The normalized spacial score (nSPS) is 19.5. The summed E-state index contributed by atoms with van der Waals surface area (Å²) in [6.07, 6.45) is 0.685. The first-order chi connectivity index (χ1) is 10.3. The first-order valence-electron chi connectivity index (χ1n) is 7.29. The molecule has 1 aliphatic heterocycles. The minimum absolute atomic E-state index is 0.272. The van der Waals surface area contributed by atoms with Gasteiger partial charge in [0.1, 0.15) is 5.82 Å². The molecule has 0 radical (unpaired) electrons. The number of hydrogen-bond donors (Lipinski definition) is 2. The van der Waals surface area contributed by atoms with Crippen LogP contribution in [0.15, 0.2) is 12.1 Å². The van der Waals surface area contributed by atoms with Crippen molar-refractivity contribution < 1.29 is 14.0 Å². The summed E-state index contributed by atoms with van der Waals surface area (Å²) in [5, 5.41) is 9.96. The average molecular weight is 303 g/mol. The minimum atomic E-state index is -0.498. The molecule has 0 aliphatic carbocycles. The largest absolute Gasteiger partial charge is 0.296 e. The predicted octanol–water partition coefficient (Wildman–Crippen LogP) is 2.52. The maximum Gasteiger partial charge on any atom is 0.235 e. The van der Waals surface area contributed by atoms with Gasteiger partial charge in [-0.3, -0.25) is 20.0 Å². The Labute approximate surface area is 127 Å². The van der Waals surface area contributed by atoms with Crippen molar-refractivity contribution in [2.75, 3.05) is 0 Å². The highest BCUT2D eigenvalue weighted by atomic mass is 19.1. The molecule has 116 valence electrons. The zero-order valence-corrected chi connectivity index (χ0v) is 12.8. The van der Waals surface area contributed by atoms with Crippen LogP contribution in [0.2, 0.25) is 0 Å². The van der Waals surface area contributed by atoms with Gasteiger partial charge in [0, 0.05) is 11.8 Å². The number of carbonyl (C=O) groups is 2. The third-order valence-electron chi connectivity index (χ3n) is 4.07. The molecule has 1 aromatic carbocycles. The van der Waals surface area contributed by atoms with E-state index in [-0.39, 0.29) is 29.5 Å². The number of benzene rings is 1. The molecule has 0 spiro atoms. The molecule has 2 N–H and O–H groups in total. The molecule has 0 bridgehead atoms. The van der Waals surface area contributed by atoms with Crippen molar-refractivity contribution in [1.82, 2.24) is 15.5 Å². The fourth-order valence-electron chi connectivity index (χ4n) is 2.86. The molecular formula is C16H18FN3O2. The number of piperidine rings is 1. The van der Waals surface area contributed by atoms with Crippen molar-refractivity contribution >= 4 is 22.7 Å². The van der Waals surface area contributed by atoms with Crippen LogP contribution in [0.3, 0.4) is 0 Å². The van der Waals surface area contributed by atoms with Gasteiger partial charge in [-0.2, -0.15) is 5.10 Å². The summed E-state index contributed by atoms with van der Waals surface area (Å²) in [5.41, 5.74) is 1.46. The van der Waals surface area contributed by atoms with E-state index in [2.05, 4.69) is 15.5 Å². The second-order valence-corrected chi connectivity index (χ2v) is 6.74. The van der Waals surface area contributed by atoms with Gasteiger partial charge in [0.25, 0.3) is 0 Å². The second kappa shape index (κ2) is 4.90. The van der Waals surface area contributed by atoms with Gasteiger partial charge in [0.15, 0.2) is 0 Å². The van der Waals surface area contributed by atoms with Gasteiger partial charge in [-0.25, -0.2) is 4.39 Å². The molecule has 6 heteroatoms. The number of halogens is 1. The molecule has 5 nitrogen and oxygen atoms in total. The predicted molar refractivity (Wildman–Crippen MR) is 79.9 cm³/mol. The Bertz CT molecular complexity index is 774.